The molecule has 35 heavy (non-hydrogen) atoms. The summed E-state index contributed by atoms with van der Waals surface area (Å²) in [5, 5.41) is 37.4. The van der Waals surface area contributed by atoms with E-state index in [-0.39, 0.29) is 43.9 Å². The standard InChI is InChI=1S/C20H11Cl2N5O8/c21-15-8-11(25(30)31)2-4-13(15)19(28)23-10-1-6-18(27(34)35)17(7-10)24-20(29)14-5-3-12(26(32)33)9-16(14)22/h1-9H,(H,23,28)(H,24,29). The molecule has 15 heteroatoms. The summed E-state index contributed by atoms with van der Waals surface area (Å²) in [7, 11) is 0. The summed E-state index contributed by atoms with van der Waals surface area (Å²) in [4.78, 5) is 56.1. The van der Waals surface area contributed by atoms with Crippen LogP contribution in [0.25, 0.3) is 0 Å². The molecule has 0 saturated heterocycles. The minimum atomic E-state index is -0.894. The van der Waals surface area contributed by atoms with E-state index >= 15 is 0 Å². The highest BCUT2D eigenvalue weighted by atomic mass is 35.5. The molecule has 2 amide bonds. The second-order valence-electron chi connectivity index (χ2n) is 6.74. The van der Waals surface area contributed by atoms with Crippen molar-refractivity contribution in [2.75, 3.05) is 10.6 Å². The number of hydrogen-bond donors (Lipinski definition) is 2. The van der Waals surface area contributed by atoms with Crippen molar-refractivity contribution in [3.63, 3.8) is 0 Å². The average molecular weight is 520 g/mol. The van der Waals surface area contributed by atoms with Gasteiger partial charge in [0.15, 0.2) is 0 Å². The molecule has 13 nitrogen and oxygen atoms in total. The number of halogens is 2. The molecule has 2 N–H and O–H groups in total. The Kier molecular flexibility index (Phi) is 7.22. The third-order valence-corrected chi connectivity index (χ3v) is 5.14. The van der Waals surface area contributed by atoms with Crippen LogP contribution in [-0.4, -0.2) is 26.6 Å². The lowest BCUT2D eigenvalue weighted by atomic mass is 10.1. The van der Waals surface area contributed by atoms with Gasteiger partial charge in [0, 0.05) is 36.0 Å². The molecule has 0 bridgehead atoms. The Bertz CT molecular complexity index is 1410. The van der Waals surface area contributed by atoms with Gasteiger partial charge in [-0.2, -0.15) is 0 Å². The third-order valence-electron chi connectivity index (χ3n) is 4.52. The van der Waals surface area contributed by atoms with Crippen LogP contribution in [0.5, 0.6) is 0 Å². The molecular weight excluding hydrogens is 509 g/mol. The Hall–Kier alpha value is -4.62. The number of non-ortho nitro benzene ring substituents is 2. The number of carbonyl (C=O) groups is 2. The summed E-state index contributed by atoms with van der Waals surface area (Å²) in [5.41, 5.74) is -1.74. The monoisotopic (exact) mass is 519 g/mol. The summed E-state index contributed by atoms with van der Waals surface area (Å²) in [6.07, 6.45) is 0. The molecule has 178 valence electrons. The third kappa shape index (κ3) is 5.66. The highest BCUT2D eigenvalue weighted by molar-refractivity contribution is 6.35. The number of carbonyl (C=O) groups excluding carboxylic acids is 2. The van der Waals surface area contributed by atoms with Crippen LogP contribution in [0.3, 0.4) is 0 Å². The molecule has 0 aliphatic carbocycles. The van der Waals surface area contributed by atoms with E-state index in [4.69, 9.17) is 23.2 Å². The molecule has 0 unspecified atom stereocenters. The van der Waals surface area contributed by atoms with Gasteiger partial charge in [0.2, 0.25) is 0 Å². The zero-order chi connectivity index (χ0) is 25.9. The largest absolute Gasteiger partial charge is 0.322 e. The van der Waals surface area contributed by atoms with Crippen LogP contribution in [0.4, 0.5) is 28.4 Å². The molecule has 3 aromatic rings. The van der Waals surface area contributed by atoms with Gasteiger partial charge in [-0.25, -0.2) is 0 Å². The van der Waals surface area contributed by atoms with Crippen molar-refractivity contribution < 1.29 is 24.4 Å². The first-order valence-corrected chi connectivity index (χ1v) is 10.0. The zero-order valence-corrected chi connectivity index (χ0v) is 18.6. The van der Waals surface area contributed by atoms with Crippen molar-refractivity contribution >= 4 is 63.5 Å². The first kappa shape index (κ1) is 25.0. The lowest BCUT2D eigenvalue weighted by Crippen LogP contribution is -2.16. The lowest BCUT2D eigenvalue weighted by molar-refractivity contribution is -0.385. The number of hydrogen-bond acceptors (Lipinski definition) is 8. The van der Waals surface area contributed by atoms with Crippen LogP contribution in [0, 0.1) is 30.3 Å². The maximum Gasteiger partial charge on any atom is 0.292 e. The summed E-state index contributed by atoms with van der Waals surface area (Å²) in [6.45, 7) is 0. The number of benzene rings is 3. The number of nitrogens with zero attached hydrogens (tertiary/aromatic N) is 3. The molecule has 0 aromatic heterocycles. The van der Waals surface area contributed by atoms with E-state index < -0.39 is 32.3 Å². The predicted molar refractivity (Wildman–Crippen MR) is 125 cm³/mol. The van der Waals surface area contributed by atoms with Crippen LogP contribution < -0.4 is 10.6 Å². The van der Waals surface area contributed by atoms with E-state index in [1.165, 1.54) is 6.07 Å². The zero-order valence-electron chi connectivity index (χ0n) is 17.1. The maximum atomic E-state index is 12.6. The van der Waals surface area contributed by atoms with E-state index in [9.17, 15) is 39.9 Å². The van der Waals surface area contributed by atoms with Gasteiger partial charge in [0.25, 0.3) is 28.9 Å². The second kappa shape index (κ2) is 10.1. The smallest absolute Gasteiger partial charge is 0.292 e. The Morgan fingerprint density at radius 3 is 1.57 bits per heavy atom. The number of nitro benzene ring substituents is 3. The first-order chi connectivity index (χ1) is 16.5. The molecular formula is C20H11Cl2N5O8. The number of anilines is 2. The fraction of sp³-hybridized carbons (Fsp3) is 0. The Labute approximate surface area is 204 Å². The molecule has 0 atom stereocenters. The van der Waals surface area contributed by atoms with Crippen LogP contribution >= 0.6 is 23.2 Å². The minimum Gasteiger partial charge on any atom is -0.322 e. The van der Waals surface area contributed by atoms with Crippen LogP contribution in [-0.2, 0) is 0 Å². The predicted octanol–water partition coefficient (Wildman–Crippen LogP) is 5.22. The lowest BCUT2D eigenvalue weighted by Gasteiger charge is -2.11. The number of nitrogens with one attached hydrogen (secondary N) is 2. The maximum absolute atomic E-state index is 12.6. The van der Waals surface area contributed by atoms with Crippen molar-refractivity contribution in [2.24, 2.45) is 0 Å². The summed E-state index contributed by atoms with van der Waals surface area (Å²) in [5.74, 6) is -1.66. The molecule has 0 spiro atoms. The van der Waals surface area contributed by atoms with E-state index in [1.54, 1.807) is 0 Å². The summed E-state index contributed by atoms with van der Waals surface area (Å²) < 4.78 is 0. The minimum absolute atomic E-state index is 0.0279. The quantitative estimate of drug-likeness (QED) is 0.313. The number of nitro groups is 3. The van der Waals surface area contributed by atoms with Crippen molar-refractivity contribution in [2.45, 2.75) is 0 Å². The topological polar surface area (TPSA) is 188 Å². The van der Waals surface area contributed by atoms with Gasteiger partial charge in [-0.1, -0.05) is 23.2 Å². The molecule has 0 fully saturated rings. The molecule has 0 heterocycles. The summed E-state index contributed by atoms with van der Waals surface area (Å²) in [6, 6.07) is 9.62. The van der Waals surface area contributed by atoms with E-state index in [0.717, 1.165) is 48.5 Å². The molecule has 3 rings (SSSR count). The molecule has 0 aliphatic heterocycles. The Morgan fingerprint density at radius 2 is 1.14 bits per heavy atom. The van der Waals surface area contributed by atoms with E-state index in [0.29, 0.717) is 0 Å². The van der Waals surface area contributed by atoms with Crippen molar-refractivity contribution in [1.29, 1.82) is 0 Å². The molecule has 0 saturated carbocycles. The fourth-order valence-corrected chi connectivity index (χ4v) is 3.39. The highest BCUT2D eigenvalue weighted by Crippen LogP contribution is 2.31. The van der Waals surface area contributed by atoms with Crippen molar-refractivity contribution in [3.8, 4) is 0 Å². The van der Waals surface area contributed by atoms with Gasteiger partial charge < -0.3 is 10.6 Å². The van der Waals surface area contributed by atoms with Gasteiger partial charge in [-0.15, -0.1) is 0 Å². The molecule has 0 radical (unpaired) electrons. The average Bonchev–Trinajstić information content (AvgIpc) is 2.78. The van der Waals surface area contributed by atoms with Crippen LogP contribution in [0.15, 0.2) is 54.6 Å². The first-order valence-electron chi connectivity index (χ1n) is 9.27. The van der Waals surface area contributed by atoms with Crippen LogP contribution in [0.1, 0.15) is 20.7 Å². The van der Waals surface area contributed by atoms with Crippen molar-refractivity contribution in [1.82, 2.24) is 0 Å². The number of rotatable bonds is 7. The van der Waals surface area contributed by atoms with Crippen LogP contribution in [0.2, 0.25) is 10.0 Å². The SMILES string of the molecule is O=C(Nc1ccc([N+](=O)[O-])c(NC(=O)c2ccc([N+](=O)[O-])cc2Cl)c1)c1ccc([N+](=O)[O-])cc1Cl. The summed E-state index contributed by atoms with van der Waals surface area (Å²) >= 11 is 11.9. The Morgan fingerprint density at radius 1 is 0.657 bits per heavy atom. The fourth-order valence-electron chi connectivity index (χ4n) is 2.86. The number of amides is 2. The second-order valence-corrected chi connectivity index (χ2v) is 7.55. The van der Waals surface area contributed by atoms with Gasteiger partial charge in [0.05, 0.1) is 35.9 Å². The van der Waals surface area contributed by atoms with Crippen molar-refractivity contribution in [3.05, 3.63) is 106 Å². The van der Waals surface area contributed by atoms with Gasteiger partial charge in [0.1, 0.15) is 5.69 Å². The van der Waals surface area contributed by atoms with E-state index in [1.807, 2.05) is 0 Å². The molecule has 3 aromatic carbocycles. The normalized spacial score (nSPS) is 10.3. The van der Waals surface area contributed by atoms with Gasteiger partial charge >= 0.3 is 0 Å². The van der Waals surface area contributed by atoms with Gasteiger partial charge in [-0.05, 0) is 24.3 Å². The van der Waals surface area contributed by atoms with Gasteiger partial charge in [-0.3, -0.25) is 39.9 Å². The highest BCUT2D eigenvalue weighted by Gasteiger charge is 2.21. The Balaban J connectivity index is 1.88. The van der Waals surface area contributed by atoms with E-state index in [2.05, 4.69) is 10.6 Å². The molecule has 0 aliphatic rings.